The number of hydrogen-bond donors (Lipinski definition) is 1. The van der Waals surface area contributed by atoms with Gasteiger partial charge >= 0.3 is 0 Å². The van der Waals surface area contributed by atoms with Gasteiger partial charge in [0.1, 0.15) is 0 Å². The lowest BCUT2D eigenvalue weighted by atomic mass is 9.89. The molecule has 0 aliphatic rings. The van der Waals surface area contributed by atoms with Crippen LogP contribution in [0.4, 0.5) is 0 Å². The van der Waals surface area contributed by atoms with Crippen molar-refractivity contribution in [1.29, 1.82) is 5.26 Å². The standard InChI is InChI=1S/C23H15N3O/c24-14-17-10-4-5-11-18(17)22-21(16-8-2-1-3-9-16)19(15-26-23(22)27)20-12-6-7-13-25-20/h1-13,15H,(H,26,27). The molecular weight excluding hydrogens is 334 g/mol. The van der Waals surface area contributed by atoms with Crippen molar-refractivity contribution in [3.63, 3.8) is 0 Å². The van der Waals surface area contributed by atoms with E-state index in [-0.39, 0.29) is 5.56 Å². The molecule has 0 bridgehead atoms. The van der Waals surface area contributed by atoms with E-state index in [9.17, 15) is 10.1 Å². The Balaban J connectivity index is 2.13. The maximum Gasteiger partial charge on any atom is 0.256 e. The van der Waals surface area contributed by atoms with E-state index >= 15 is 0 Å². The molecule has 4 nitrogen and oxygen atoms in total. The largest absolute Gasteiger partial charge is 0.328 e. The third-order valence-electron chi connectivity index (χ3n) is 4.41. The first-order chi connectivity index (χ1) is 13.3. The second-order valence-corrected chi connectivity index (χ2v) is 6.02. The van der Waals surface area contributed by atoms with Crippen molar-refractivity contribution in [3.8, 4) is 39.6 Å². The molecule has 4 aromatic rings. The number of H-pyrrole nitrogens is 1. The van der Waals surface area contributed by atoms with Crippen molar-refractivity contribution in [2.24, 2.45) is 0 Å². The average molecular weight is 349 g/mol. The van der Waals surface area contributed by atoms with Crippen LogP contribution in [0.3, 0.4) is 0 Å². The molecule has 0 spiro atoms. The minimum absolute atomic E-state index is 0.240. The van der Waals surface area contributed by atoms with E-state index in [4.69, 9.17) is 0 Å². The van der Waals surface area contributed by atoms with Crippen LogP contribution in [-0.2, 0) is 0 Å². The molecule has 0 amide bonds. The van der Waals surface area contributed by atoms with Crippen LogP contribution < -0.4 is 5.56 Å². The molecule has 27 heavy (non-hydrogen) atoms. The third kappa shape index (κ3) is 3.03. The summed E-state index contributed by atoms with van der Waals surface area (Å²) in [4.78, 5) is 20.2. The van der Waals surface area contributed by atoms with E-state index in [1.54, 1.807) is 30.6 Å². The van der Waals surface area contributed by atoms with Crippen molar-refractivity contribution in [2.45, 2.75) is 0 Å². The number of hydrogen-bond acceptors (Lipinski definition) is 3. The van der Waals surface area contributed by atoms with Crippen molar-refractivity contribution in [2.75, 3.05) is 0 Å². The summed E-state index contributed by atoms with van der Waals surface area (Å²) in [5, 5.41) is 9.54. The van der Waals surface area contributed by atoms with Crippen LogP contribution in [0, 0.1) is 11.3 Å². The topological polar surface area (TPSA) is 69.5 Å². The van der Waals surface area contributed by atoms with E-state index in [1.165, 1.54) is 0 Å². The molecule has 2 aromatic heterocycles. The Bertz CT molecular complexity index is 1190. The Labute approximate surface area is 156 Å². The fraction of sp³-hybridized carbons (Fsp3) is 0. The van der Waals surface area contributed by atoms with Crippen molar-refractivity contribution in [1.82, 2.24) is 9.97 Å². The molecule has 0 unspecified atom stereocenters. The Kier molecular flexibility index (Phi) is 4.34. The number of aromatic nitrogens is 2. The van der Waals surface area contributed by atoms with Gasteiger partial charge in [-0.3, -0.25) is 9.78 Å². The molecule has 4 heteroatoms. The Hall–Kier alpha value is -3.97. The van der Waals surface area contributed by atoms with Gasteiger partial charge in [0.15, 0.2) is 0 Å². The second kappa shape index (κ2) is 7.11. The van der Waals surface area contributed by atoms with Gasteiger partial charge in [-0.1, -0.05) is 54.6 Å². The predicted molar refractivity (Wildman–Crippen MR) is 106 cm³/mol. The second-order valence-electron chi connectivity index (χ2n) is 6.02. The van der Waals surface area contributed by atoms with E-state index in [0.29, 0.717) is 16.7 Å². The van der Waals surface area contributed by atoms with Crippen LogP contribution in [-0.4, -0.2) is 9.97 Å². The van der Waals surface area contributed by atoms with Gasteiger partial charge in [0.2, 0.25) is 0 Å². The van der Waals surface area contributed by atoms with Gasteiger partial charge in [-0.25, -0.2) is 0 Å². The minimum Gasteiger partial charge on any atom is -0.328 e. The highest BCUT2D eigenvalue weighted by molar-refractivity contribution is 5.94. The van der Waals surface area contributed by atoms with Gasteiger partial charge in [-0.05, 0) is 23.8 Å². The lowest BCUT2D eigenvalue weighted by Crippen LogP contribution is -2.12. The summed E-state index contributed by atoms with van der Waals surface area (Å²) in [6.07, 6.45) is 3.41. The lowest BCUT2D eigenvalue weighted by Gasteiger charge is -2.15. The van der Waals surface area contributed by atoms with Crippen LogP contribution in [0.5, 0.6) is 0 Å². The minimum atomic E-state index is -0.240. The Morgan fingerprint density at radius 3 is 2.30 bits per heavy atom. The highest BCUT2D eigenvalue weighted by Crippen LogP contribution is 2.37. The number of nitrogens with one attached hydrogen (secondary N) is 1. The number of aromatic amines is 1. The molecule has 4 rings (SSSR count). The zero-order valence-corrected chi connectivity index (χ0v) is 14.4. The zero-order valence-electron chi connectivity index (χ0n) is 14.4. The van der Waals surface area contributed by atoms with Gasteiger partial charge in [-0.15, -0.1) is 0 Å². The normalized spacial score (nSPS) is 10.3. The Morgan fingerprint density at radius 1 is 0.815 bits per heavy atom. The number of nitrogens with zero attached hydrogens (tertiary/aromatic N) is 2. The number of nitriles is 1. The number of pyridine rings is 2. The summed E-state index contributed by atoms with van der Waals surface area (Å²) in [6, 6.07) is 24.7. The van der Waals surface area contributed by atoms with Crippen molar-refractivity contribution in [3.05, 3.63) is 101 Å². The number of rotatable bonds is 3. The van der Waals surface area contributed by atoms with E-state index in [2.05, 4.69) is 16.0 Å². The molecule has 1 N–H and O–H groups in total. The molecule has 128 valence electrons. The zero-order chi connectivity index (χ0) is 18.6. The quantitative estimate of drug-likeness (QED) is 0.586. The Morgan fingerprint density at radius 2 is 1.56 bits per heavy atom. The van der Waals surface area contributed by atoms with Crippen molar-refractivity contribution < 1.29 is 0 Å². The van der Waals surface area contributed by atoms with E-state index < -0.39 is 0 Å². The summed E-state index contributed by atoms with van der Waals surface area (Å²) in [6.45, 7) is 0. The first-order valence-electron chi connectivity index (χ1n) is 8.51. The molecule has 0 saturated carbocycles. The number of benzene rings is 2. The van der Waals surface area contributed by atoms with Crippen LogP contribution in [0.2, 0.25) is 0 Å². The maximum absolute atomic E-state index is 12.9. The van der Waals surface area contributed by atoms with Crippen molar-refractivity contribution >= 4 is 0 Å². The molecule has 0 atom stereocenters. The highest BCUT2D eigenvalue weighted by atomic mass is 16.1. The first kappa shape index (κ1) is 16.5. The van der Waals surface area contributed by atoms with Gasteiger partial charge in [0.05, 0.1) is 22.9 Å². The summed E-state index contributed by atoms with van der Waals surface area (Å²) in [5.41, 5.74) is 4.52. The smallest absolute Gasteiger partial charge is 0.256 e. The third-order valence-corrected chi connectivity index (χ3v) is 4.41. The molecule has 2 aromatic carbocycles. The van der Waals surface area contributed by atoms with Gasteiger partial charge in [-0.2, -0.15) is 5.26 Å². The molecule has 0 aliphatic carbocycles. The molecular formula is C23H15N3O. The molecule has 0 saturated heterocycles. The van der Waals surface area contributed by atoms with E-state index in [1.807, 2.05) is 54.6 Å². The molecule has 0 aliphatic heterocycles. The first-order valence-corrected chi connectivity index (χ1v) is 8.51. The highest BCUT2D eigenvalue weighted by Gasteiger charge is 2.19. The van der Waals surface area contributed by atoms with E-state index in [0.717, 1.165) is 22.4 Å². The average Bonchev–Trinajstić information content (AvgIpc) is 2.74. The molecule has 0 radical (unpaired) electrons. The molecule has 0 fully saturated rings. The SMILES string of the molecule is N#Cc1ccccc1-c1c(-c2ccccc2)c(-c2ccccn2)c[nH]c1=O. The van der Waals surface area contributed by atoms with Crippen LogP contribution in [0.15, 0.2) is 90.0 Å². The van der Waals surface area contributed by atoms with Crippen LogP contribution in [0.25, 0.3) is 33.5 Å². The fourth-order valence-corrected chi connectivity index (χ4v) is 3.21. The fourth-order valence-electron chi connectivity index (χ4n) is 3.21. The monoisotopic (exact) mass is 349 g/mol. The van der Waals surface area contributed by atoms with Gasteiger partial charge in [0.25, 0.3) is 5.56 Å². The maximum atomic E-state index is 12.9. The summed E-state index contributed by atoms with van der Waals surface area (Å²) >= 11 is 0. The predicted octanol–water partition coefficient (Wildman–Crippen LogP) is 4.64. The summed E-state index contributed by atoms with van der Waals surface area (Å²) in [7, 11) is 0. The van der Waals surface area contributed by atoms with Crippen LogP contribution >= 0.6 is 0 Å². The van der Waals surface area contributed by atoms with Gasteiger partial charge in [0, 0.05) is 29.1 Å². The summed E-state index contributed by atoms with van der Waals surface area (Å²) in [5.74, 6) is 0. The van der Waals surface area contributed by atoms with Crippen LogP contribution in [0.1, 0.15) is 5.56 Å². The summed E-state index contributed by atoms with van der Waals surface area (Å²) < 4.78 is 0. The molecule has 2 heterocycles. The lowest BCUT2D eigenvalue weighted by molar-refractivity contribution is 1.22. The van der Waals surface area contributed by atoms with Gasteiger partial charge < -0.3 is 4.98 Å².